The molecule has 1 heterocycles. The van der Waals surface area contributed by atoms with Gasteiger partial charge in [0, 0.05) is 18.8 Å². The third-order valence-corrected chi connectivity index (χ3v) is 5.01. The number of ether oxygens (including phenoxy) is 1. The number of esters is 1. The van der Waals surface area contributed by atoms with Crippen LogP contribution in [-0.2, 0) is 16.0 Å². The van der Waals surface area contributed by atoms with Crippen LogP contribution in [0.25, 0.3) is 10.8 Å². The lowest BCUT2D eigenvalue weighted by molar-refractivity contribution is -0.665. The summed E-state index contributed by atoms with van der Waals surface area (Å²) < 4.78 is 5.88. The van der Waals surface area contributed by atoms with E-state index < -0.39 is 0 Å². The van der Waals surface area contributed by atoms with Gasteiger partial charge in [0.1, 0.15) is 5.60 Å². The van der Waals surface area contributed by atoms with E-state index in [2.05, 4.69) is 37.4 Å². The van der Waals surface area contributed by atoms with Gasteiger partial charge in [-0.2, -0.15) is 0 Å². The maximum Gasteiger partial charge on any atom is 0.310 e. The van der Waals surface area contributed by atoms with Gasteiger partial charge in [0.05, 0.1) is 19.5 Å². The van der Waals surface area contributed by atoms with Crippen LogP contribution in [-0.4, -0.2) is 24.7 Å². The Kier molecular flexibility index (Phi) is 4.67. The fraction of sp³-hybridized carbons (Fsp3) is 0.450. The molecule has 3 nitrogen and oxygen atoms in total. The van der Waals surface area contributed by atoms with Crippen LogP contribution in [0.3, 0.4) is 0 Å². The van der Waals surface area contributed by atoms with Crippen molar-refractivity contribution < 1.29 is 14.8 Å². The minimum absolute atomic E-state index is 0.124. The lowest BCUT2D eigenvalue weighted by Crippen LogP contribution is -2.86. The SMILES string of the molecule is CC(C)(OC(=O)Cc1cccc2ccccc12)C1CC[NH2+]CC1. The topological polar surface area (TPSA) is 42.9 Å². The first-order valence-corrected chi connectivity index (χ1v) is 8.56. The van der Waals surface area contributed by atoms with Crippen molar-refractivity contribution >= 4 is 16.7 Å². The van der Waals surface area contributed by atoms with Crippen molar-refractivity contribution in [2.24, 2.45) is 5.92 Å². The van der Waals surface area contributed by atoms with Gasteiger partial charge in [-0.1, -0.05) is 42.5 Å². The number of benzene rings is 2. The Balaban J connectivity index is 1.71. The third-order valence-electron chi connectivity index (χ3n) is 5.01. The Morgan fingerprint density at radius 1 is 1.13 bits per heavy atom. The highest BCUT2D eigenvalue weighted by molar-refractivity contribution is 5.89. The zero-order chi connectivity index (χ0) is 16.3. The number of rotatable bonds is 4. The van der Waals surface area contributed by atoms with E-state index in [1.807, 2.05) is 24.3 Å². The molecule has 1 aliphatic rings. The lowest BCUT2D eigenvalue weighted by Gasteiger charge is -2.35. The average Bonchev–Trinajstić information content (AvgIpc) is 2.55. The zero-order valence-electron chi connectivity index (χ0n) is 14.0. The molecule has 0 spiro atoms. The van der Waals surface area contributed by atoms with Gasteiger partial charge in [-0.3, -0.25) is 4.79 Å². The Morgan fingerprint density at radius 3 is 2.61 bits per heavy atom. The summed E-state index contributed by atoms with van der Waals surface area (Å²) in [6.07, 6.45) is 2.58. The molecule has 1 fully saturated rings. The first-order chi connectivity index (χ1) is 11.1. The van der Waals surface area contributed by atoms with E-state index in [1.165, 1.54) is 5.39 Å². The lowest BCUT2D eigenvalue weighted by atomic mass is 9.83. The Morgan fingerprint density at radius 2 is 1.83 bits per heavy atom. The number of hydrogen-bond acceptors (Lipinski definition) is 2. The maximum absolute atomic E-state index is 12.5. The van der Waals surface area contributed by atoms with Crippen molar-refractivity contribution in [1.29, 1.82) is 0 Å². The van der Waals surface area contributed by atoms with Gasteiger partial charge < -0.3 is 10.1 Å². The van der Waals surface area contributed by atoms with Crippen molar-refractivity contribution in [3.63, 3.8) is 0 Å². The molecular formula is C20H26NO2+. The van der Waals surface area contributed by atoms with Crippen LogP contribution in [0.2, 0.25) is 0 Å². The summed E-state index contributed by atoms with van der Waals surface area (Å²) >= 11 is 0. The molecule has 0 amide bonds. The second-order valence-electron chi connectivity index (χ2n) is 7.03. The van der Waals surface area contributed by atoms with E-state index in [-0.39, 0.29) is 11.6 Å². The number of carbonyl (C=O) groups excluding carboxylic acids is 1. The largest absolute Gasteiger partial charge is 0.459 e. The Bertz CT molecular complexity index is 682. The number of fused-ring (bicyclic) bond motifs is 1. The molecule has 0 radical (unpaired) electrons. The van der Waals surface area contributed by atoms with Crippen LogP contribution in [0.5, 0.6) is 0 Å². The summed E-state index contributed by atoms with van der Waals surface area (Å²) in [4.78, 5) is 12.5. The second-order valence-corrected chi connectivity index (χ2v) is 7.03. The molecule has 0 saturated carbocycles. The van der Waals surface area contributed by atoms with Gasteiger partial charge in [0.15, 0.2) is 0 Å². The normalized spacial score (nSPS) is 16.4. The first-order valence-electron chi connectivity index (χ1n) is 8.56. The molecule has 2 aromatic rings. The highest BCUT2D eigenvalue weighted by Crippen LogP contribution is 2.28. The number of nitrogens with two attached hydrogens (primary N) is 1. The third kappa shape index (κ3) is 3.73. The molecule has 1 aliphatic heterocycles. The van der Waals surface area contributed by atoms with E-state index in [0.29, 0.717) is 12.3 Å². The smallest absolute Gasteiger partial charge is 0.310 e. The van der Waals surface area contributed by atoms with Gasteiger partial charge in [-0.25, -0.2) is 0 Å². The monoisotopic (exact) mass is 312 g/mol. The quantitative estimate of drug-likeness (QED) is 0.882. The number of carbonyl (C=O) groups is 1. The summed E-state index contributed by atoms with van der Waals surface area (Å²) in [5.41, 5.74) is 0.663. The van der Waals surface area contributed by atoms with Crippen molar-refractivity contribution in [2.45, 2.75) is 38.7 Å². The summed E-state index contributed by atoms with van der Waals surface area (Å²) in [7, 11) is 0. The van der Waals surface area contributed by atoms with Crippen LogP contribution < -0.4 is 5.32 Å². The van der Waals surface area contributed by atoms with Crippen molar-refractivity contribution in [1.82, 2.24) is 0 Å². The molecule has 1 saturated heterocycles. The van der Waals surface area contributed by atoms with Crippen LogP contribution in [0, 0.1) is 5.92 Å². The van der Waals surface area contributed by atoms with Crippen LogP contribution >= 0.6 is 0 Å². The van der Waals surface area contributed by atoms with Crippen LogP contribution in [0.1, 0.15) is 32.3 Å². The molecule has 3 rings (SSSR count). The highest BCUT2D eigenvalue weighted by atomic mass is 16.6. The maximum atomic E-state index is 12.5. The zero-order valence-corrected chi connectivity index (χ0v) is 14.0. The molecule has 23 heavy (non-hydrogen) atoms. The molecule has 3 heteroatoms. The van der Waals surface area contributed by atoms with Gasteiger partial charge in [-0.15, -0.1) is 0 Å². The van der Waals surface area contributed by atoms with Crippen LogP contribution in [0.4, 0.5) is 0 Å². The van der Waals surface area contributed by atoms with Crippen molar-refractivity contribution in [3.05, 3.63) is 48.0 Å². The molecule has 0 unspecified atom stereocenters. The van der Waals surface area contributed by atoms with Gasteiger partial charge >= 0.3 is 5.97 Å². The number of quaternary nitrogens is 1. The summed E-state index contributed by atoms with van der Waals surface area (Å²) in [6, 6.07) is 14.3. The van der Waals surface area contributed by atoms with Gasteiger partial charge in [0.25, 0.3) is 0 Å². The van der Waals surface area contributed by atoms with E-state index >= 15 is 0 Å². The molecule has 0 aliphatic carbocycles. The standard InChI is InChI=1S/C20H25NO2/c1-20(2,17-10-12-21-13-11-17)23-19(22)14-16-8-5-7-15-6-3-4-9-18(15)16/h3-9,17,21H,10-14H2,1-2H3/p+1. The van der Waals surface area contributed by atoms with Crippen molar-refractivity contribution in [2.75, 3.05) is 13.1 Å². The highest BCUT2D eigenvalue weighted by Gasteiger charge is 2.35. The van der Waals surface area contributed by atoms with E-state index in [0.717, 1.165) is 36.9 Å². The van der Waals surface area contributed by atoms with E-state index in [4.69, 9.17) is 4.74 Å². The second kappa shape index (κ2) is 6.71. The van der Waals surface area contributed by atoms with Crippen molar-refractivity contribution in [3.8, 4) is 0 Å². The predicted octanol–water partition coefficient (Wildman–Crippen LogP) is 2.68. The minimum Gasteiger partial charge on any atom is -0.459 e. The predicted molar refractivity (Wildman–Crippen MR) is 92.2 cm³/mol. The molecule has 2 aromatic carbocycles. The molecule has 0 bridgehead atoms. The minimum atomic E-state index is -0.379. The fourth-order valence-electron chi connectivity index (χ4n) is 3.64. The number of hydrogen-bond donors (Lipinski definition) is 1. The summed E-state index contributed by atoms with van der Waals surface area (Å²) in [5.74, 6) is 0.338. The summed E-state index contributed by atoms with van der Waals surface area (Å²) in [5, 5.41) is 4.64. The van der Waals surface area contributed by atoms with Gasteiger partial charge in [-0.05, 0) is 30.2 Å². The van der Waals surface area contributed by atoms with E-state index in [1.54, 1.807) is 0 Å². The molecule has 0 aromatic heterocycles. The fourth-order valence-corrected chi connectivity index (χ4v) is 3.64. The first kappa shape index (κ1) is 16.0. The van der Waals surface area contributed by atoms with Gasteiger partial charge in [0.2, 0.25) is 0 Å². The molecule has 0 atom stereocenters. The number of piperidine rings is 1. The Hall–Kier alpha value is -1.87. The average molecular weight is 312 g/mol. The molecule has 2 N–H and O–H groups in total. The Labute approximate surface area is 138 Å². The van der Waals surface area contributed by atoms with E-state index in [9.17, 15) is 4.79 Å². The molecule has 122 valence electrons. The van der Waals surface area contributed by atoms with Crippen LogP contribution in [0.15, 0.2) is 42.5 Å². The summed E-state index contributed by atoms with van der Waals surface area (Å²) in [6.45, 7) is 6.39. The molecular weight excluding hydrogens is 286 g/mol.